The van der Waals surface area contributed by atoms with Crippen molar-refractivity contribution in [3.05, 3.63) is 63.4 Å². The van der Waals surface area contributed by atoms with Crippen LogP contribution >= 0.6 is 23.2 Å². The Morgan fingerprint density at radius 1 is 1.16 bits per heavy atom. The van der Waals surface area contributed by atoms with Crippen molar-refractivity contribution in [3.8, 4) is 0 Å². The second-order valence-corrected chi connectivity index (χ2v) is 13.1. The lowest BCUT2D eigenvalue weighted by Gasteiger charge is -2.37. The predicted molar refractivity (Wildman–Crippen MR) is 151 cm³/mol. The second kappa shape index (κ2) is 10.5. The number of nitrogens with zero attached hydrogens (tertiary/aromatic N) is 1. The van der Waals surface area contributed by atoms with Gasteiger partial charge in [-0.15, -0.1) is 0 Å². The van der Waals surface area contributed by atoms with Crippen LogP contribution in [0.2, 0.25) is 10.0 Å². The number of hydrogen-bond donors (Lipinski definition) is 2. The van der Waals surface area contributed by atoms with Crippen LogP contribution in [0.1, 0.15) is 69.9 Å². The van der Waals surface area contributed by atoms with Crippen molar-refractivity contribution in [2.24, 2.45) is 5.41 Å². The van der Waals surface area contributed by atoms with Gasteiger partial charge in [0.25, 0.3) is 0 Å². The summed E-state index contributed by atoms with van der Waals surface area (Å²) in [6.07, 6.45) is 4.10. The van der Waals surface area contributed by atoms with Gasteiger partial charge < -0.3 is 15.5 Å². The number of ketones is 1. The molecule has 8 heteroatoms. The maximum atomic E-state index is 15.8. The Kier molecular flexibility index (Phi) is 7.64. The first kappa shape index (κ1) is 27.6. The van der Waals surface area contributed by atoms with Crippen LogP contribution in [0.25, 0.3) is 0 Å². The number of likely N-dealkylation sites (tertiary alicyclic amines) is 1. The van der Waals surface area contributed by atoms with Crippen molar-refractivity contribution < 1.29 is 14.0 Å². The van der Waals surface area contributed by atoms with E-state index >= 15 is 4.39 Å². The van der Waals surface area contributed by atoms with Crippen molar-refractivity contribution in [1.82, 2.24) is 10.2 Å². The average Bonchev–Trinajstić information content (AvgIpc) is 3.53. The fraction of sp³-hybridized carbons (Fsp3) is 0.533. The van der Waals surface area contributed by atoms with Crippen LogP contribution in [0, 0.1) is 11.2 Å². The van der Waals surface area contributed by atoms with Crippen LogP contribution in [-0.2, 0) is 15.0 Å². The van der Waals surface area contributed by atoms with Crippen LogP contribution in [-0.4, -0.2) is 48.3 Å². The van der Waals surface area contributed by atoms with Gasteiger partial charge in [0.1, 0.15) is 17.0 Å². The number of hydrogen-bond acceptors (Lipinski definition) is 4. The summed E-state index contributed by atoms with van der Waals surface area (Å²) in [6.45, 7) is 9.34. The largest absolute Gasteiger partial charge is 0.325 e. The van der Waals surface area contributed by atoms with Crippen molar-refractivity contribution in [2.75, 3.05) is 25.0 Å². The molecule has 0 saturated carbocycles. The van der Waals surface area contributed by atoms with E-state index < -0.39 is 29.2 Å². The Bertz CT molecular complexity index is 1240. The van der Waals surface area contributed by atoms with Gasteiger partial charge in [0.15, 0.2) is 0 Å². The quantitative estimate of drug-likeness (QED) is 0.416. The Balaban J connectivity index is 1.62. The third kappa shape index (κ3) is 4.90. The van der Waals surface area contributed by atoms with E-state index in [1.807, 2.05) is 6.07 Å². The highest BCUT2D eigenvalue weighted by atomic mass is 35.5. The summed E-state index contributed by atoms with van der Waals surface area (Å²) in [7, 11) is 0. The molecule has 38 heavy (non-hydrogen) atoms. The molecule has 2 aromatic rings. The Morgan fingerprint density at radius 3 is 2.61 bits per heavy atom. The molecule has 3 aliphatic rings. The summed E-state index contributed by atoms with van der Waals surface area (Å²) in [6, 6.07) is 9.06. The van der Waals surface area contributed by atoms with E-state index in [1.54, 1.807) is 24.3 Å². The molecule has 2 fully saturated rings. The standard InChI is InChI=1S/C30H36Cl2FN3O2/c1-29(2,3)17-24-30(20-12-11-18(31)16-22(20)34-28(30)38)25(19-8-6-9-21(32)26(19)33)27(35-24)23(37)10-7-15-36-13-4-5-14-36/h6,8-9,11-12,16,24-25,27,35H,4-5,7,10,13-15,17H2,1-3H3,(H,34,38)/t24-,25+,27+,30+/m1/s1. The number of carbonyl (C=O) groups excluding carboxylic acids is 2. The van der Waals surface area contributed by atoms with Gasteiger partial charge in [-0.25, -0.2) is 4.39 Å². The Morgan fingerprint density at radius 2 is 1.89 bits per heavy atom. The minimum Gasteiger partial charge on any atom is -0.325 e. The first-order valence-corrected chi connectivity index (χ1v) is 14.3. The van der Waals surface area contributed by atoms with Crippen molar-refractivity contribution in [3.63, 3.8) is 0 Å². The lowest BCUT2D eigenvalue weighted by Crippen LogP contribution is -2.49. The molecule has 5 rings (SSSR count). The summed E-state index contributed by atoms with van der Waals surface area (Å²) >= 11 is 12.6. The van der Waals surface area contributed by atoms with Crippen LogP contribution < -0.4 is 10.6 Å². The smallest absolute Gasteiger partial charge is 0.237 e. The minimum absolute atomic E-state index is 0.000398. The fourth-order valence-electron chi connectivity index (χ4n) is 6.84. The van der Waals surface area contributed by atoms with E-state index in [0.29, 0.717) is 23.6 Å². The van der Waals surface area contributed by atoms with Gasteiger partial charge in [-0.2, -0.15) is 0 Å². The normalized spacial score (nSPS) is 27.2. The van der Waals surface area contributed by atoms with Gasteiger partial charge in [-0.3, -0.25) is 9.59 Å². The van der Waals surface area contributed by atoms with Crippen LogP contribution in [0.5, 0.6) is 0 Å². The number of anilines is 1. The van der Waals surface area contributed by atoms with Gasteiger partial charge in [-0.05, 0) is 80.1 Å². The van der Waals surface area contributed by atoms with Gasteiger partial charge in [0.05, 0.1) is 11.1 Å². The third-order valence-electron chi connectivity index (χ3n) is 8.38. The van der Waals surface area contributed by atoms with E-state index in [-0.39, 0.29) is 27.7 Å². The molecule has 4 atom stereocenters. The SMILES string of the molecule is CC(C)(C)C[C@H]1N[C@@H](C(=O)CCCN2CCCC2)[C@H](c2cccc(Cl)c2F)[C@@]12C(=O)Nc1cc(Cl)ccc12. The Labute approximate surface area is 234 Å². The summed E-state index contributed by atoms with van der Waals surface area (Å²) in [5.41, 5.74) is 0.277. The van der Waals surface area contributed by atoms with Gasteiger partial charge in [0.2, 0.25) is 5.91 Å². The summed E-state index contributed by atoms with van der Waals surface area (Å²) in [5, 5.41) is 7.07. The number of nitrogens with one attached hydrogen (secondary N) is 2. The number of benzene rings is 2. The van der Waals surface area contributed by atoms with E-state index in [1.165, 1.54) is 18.9 Å². The molecule has 0 radical (unpaired) electrons. The molecular weight excluding hydrogens is 524 g/mol. The first-order chi connectivity index (χ1) is 18.0. The zero-order valence-corrected chi connectivity index (χ0v) is 23.8. The zero-order chi connectivity index (χ0) is 27.2. The van der Waals surface area contributed by atoms with Crippen molar-refractivity contribution >= 4 is 40.6 Å². The highest BCUT2D eigenvalue weighted by Gasteiger charge is 2.65. The van der Waals surface area contributed by atoms with E-state index in [9.17, 15) is 9.59 Å². The van der Waals surface area contributed by atoms with Gasteiger partial charge >= 0.3 is 0 Å². The maximum absolute atomic E-state index is 15.8. The molecule has 2 saturated heterocycles. The number of halogens is 3. The highest BCUT2D eigenvalue weighted by molar-refractivity contribution is 6.31. The van der Waals surface area contributed by atoms with Gasteiger partial charge in [-0.1, -0.05) is 62.2 Å². The van der Waals surface area contributed by atoms with Crippen LogP contribution in [0.15, 0.2) is 36.4 Å². The Hall–Kier alpha value is -1.99. The van der Waals surface area contributed by atoms with Crippen molar-refractivity contribution in [1.29, 1.82) is 0 Å². The molecule has 2 aromatic carbocycles. The fourth-order valence-corrected chi connectivity index (χ4v) is 7.20. The average molecular weight is 561 g/mol. The third-order valence-corrected chi connectivity index (χ3v) is 8.91. The monoisotopic (exact) mass is 559 g/mol. The molecule has 0 unspecified atom stereocenters. The van der Waals surface area contributed by atoms with E-state index in [2.05, 4.69) is 36.3 Å². The maximum Gasteiger partial charge on any atom is 0.237 e. The van der Waals surface area contributed by atoms with E-state index in [4.69, 9.17) is 23.2 Å². The van der Waals surface area contributed by atoms with Crippen LogP contribution in [0.3, 0.4) is 0 Å². The molecule has 1 amide bonds. The van der Waals surface area contributed by atoms with Crippen LogP contribution in [0.4, 0.5) is 10.1 Å². The lowest BCUT2D eigenvalue weighted by molar-refractivity contribution is -0.122. The lowest BCUT2D eigenvalue weighted by atomic mass is 9.62. The molecule has 204 valence electrons. The molecule has 2 N–H and O–H groups in total. The summed E-state index contributed by atoms with van der Waals surface area (Å²) in [4.78, 5) is 30.5. The number of Topliss-reactive ketones (excluding diaryl/α,β-unsaturated/α-hetero) is 1. The number of rotatable bonds is 7. The van der Waals surface area contributed by atoms with Crippen molar-refractivity contribution in [2.45, 2.75) is 76.3 Å². The molecule has 3 heterocycles. The molecule has 0 bridgehead atoms. The molecule has 3 aliphatic heterocycles. The second-order valence-electron chi connectivity index (χ2n) is 12.2. The first-order valence-electron chi connectivity index (χ1n) is 13.6. The minimum atomic E-state index is -1.20. The summed E-state index contributed by atoms with van der Waals surface area (Å²) in [5.74, 6) is -1.59. The molecular formula is C30H36Cl2FN3O2. The predicted octanol–water partition coefficient (Wildman–Crippen LogP) is 6.33. The zero-order valence-electron chi connectivity index (χ0n) is 22.3. The number of carbonyl (C=O) groups is 2. The number of amides is 1. The number of fused-ring (bicyclic) bond motifs is 2. The molecule has 0 aromatic heterocycles. The highest BCUT2D eigenvalue weighted by Crippen LogP contribution is 2.57. The molecule has 0 aliphatic carbocycles. The summed E-state index contributed by atoms with van der Waals surface area (Å²) < 4.78 is 15.8. The molecule has 5 nitrogen and oxygen atoms in total. The van der Waals surface area contributed by atoms with E-state index in [0.717, 1.165) is 31.6 Å². The topological polar surface area (TPSA) is 61.4 Å². The van der Waals surface area contributed by atoms with Gasteiger partial charge in [0, 0.05) is 29.1 Å². The molecule has 1 spiro atoms.